The summed E-state index contributed by atoms with van der Waals surface area (Å²) in [5.74, 6) is -0.764. The van der Waals surface area contributed by atoms with E-state index in [1.807, 2.05) is 6.92 Å². The Morgan fingerprint density at radius 3 is 1.44 bits per heavy atom. The molecule has 10 nitrogen and oxygen atoms in total. The highest BCUT2D eigenvalue weighted by atomic mass is 16.2. The maximum absolute atomic E-state index is 12.9. The van der Waals surface area contributed by atoms with Gasteiger partial charge in [0.25, 0.3) is 11.1 Å². The third-order valence-electron chi connectivity index (χ3n) is 5.04. The molecule has 0 aromatic carbocycles. The van der Waals surface area contributed by atoms with Crippen molar-refractivity contribution in [2.45, 2.75) is 32.1 Å². The SMILES string of the molecule is CCCCC(c1c(N)n(C)c(=O)n(C)c1=O)c1c(N)n(C)c(=O)n(C)c1=O. The Hall–Kier alpha value is -3.04. The second kappa shape index (κ2) is 7.29. The van der Waals surface area contributed by atoms with Crippen molar-refractivity contribution in [1.82, 2.24) is 18.3 Å². The fraction of sp³-hybridized carbons (Fsp3) is 0.529. The highest BCUT2D eigenvalue weighted by molar-refractivity contribution is 5.51. The summed E-state index contributed by atoms with van der Waals surface area (Å²) < 4.78 is 4.23. The van der Waals surface area contributed by atoms with E-state index in [1.54, 1.807) is 0 Å². The molecular formula is C17H26N6O4. The van der Waals surface area contributed by atoms with Crippen molar-refractivity contribution >= 4 is 11.6 Å². The van der Waals surface area contributed by atoms with E-state index in [9.17, 15) is 19.2 Å². The Balaban J connectivity index is 2.98. The van der Waals surface area contributed by atoms with Crippen LogP contribution in [0.1, 0.15) is 43.2 Å². The minimum absolute atomic E-state index is 0.0143. The van der Waals surface area contributed by atoms with Gasteiger partial charge in [0, 0.05) is 34.1 Å². The van der Waals surface area contributed by atoms with Gasteiger partial charge in [-0.3, -0.25) is 27.9 Å². The maximum Gasteiger partial charge on any atom is 0.332 e. The number of nitrogen functional groups attached to an aromatic ring is 2. The second-order valence-electron chi connectivity index (χ2n) is 6.70. The first kappa shape index (κ1) is 20.3. The van der Waals surface area contributed by atoms with Gasteiger partial charge >= 0.3 is 11.4 Å². The fourth-order valence-corrected chi connectivity index (χ4v) is 3.27. The zero-order valence-electron chi connectivity index (χ0n) is 16.3. The van der Waals surface area contributed by atoms with Crippen LogP contribution >= 0.6 is 0 Å². The molecule has 0 spiro atoms. The quantitative estimate of drug-likeness (QED) is 0.681. The first-order chi connectivity index (χ1) is 12.6. The average molecular weight is 378 g/mol. The Labute approximate surface area is 155 Å². The van der Waals surface area contributed by atoms with E-state index in [2.05, 4.69) is 0 Å². The van der Waals surface area contributed by atoms with Crippen LogP contribution < -0.4 is 34.0 Å². The second-order valence-corrected chi connectivity index (χ2v) is 6.70. The van der Waals surface area contributed by atoms with Gasteiger partial charge in [-0.2, -0.15) is 0 Å². The lowest BCUT2D eigenvalue weighted by atomic mass is 9.88. The minimum Gasteiger partial charge on any atom is -0.385 e. The molecule has 0 amide bonds. The molecule has 4 N–H and O–H groups in total. The number of nitrogens with zero attached hydrogens (tertiary/aromatic N) is 4. The third-order valence-corrected chi connectivity index (χ3v) is 5.04. The number of anilines is 2. The molecule has 0 bridgehead atoms. The molecule has 0 aliphatic rings. The molecule has 2 rings (SSSR count). The van der Waals surface area contributed by atoms with Gasteiger partial charge in [0.1, 0.15) is 11.6 Å². The van der Waals surface area contributed by atoms with E-state index in [0.717, 1.165) is 24.7 Å². The maximum atomic E-state index is 12.9. The normalized spacial score (nSPS) is 11.3. The van der Waals surface area contributed by atoms with Crippen molar-refractivity contribution in [1.29, 1.82) is 0 Å². The lowest BCUT2D eigenvalue weighted by Gasteiger charge is -2.23. The summed E-state index contributed by atoms with van der Waals surface area (Å²) in [5.41, 5.74) is 10.2. The molecule has 0 aliphatic heterocycles. The lowest BCUT2D eigenvalue weighted by Crippen LogP contribution is -2.44. The van der Waals surface area contributed by atoms with Crippen LogP contribution in [-0.2, 0) is 28.2 Å². The van der Waals surface area contributed by atoms with E-state index in [0.29, 0.717) is 12.8 Å². The standard InChI is InChI=1S/C17H26N6O4/c1-6-7-8-9(10-12(18)20(2)16(26)22(4)14(10)24)11-13(19)21(3)17(27)23(5)15(11)25/h9H,6-8,18-19H2,1-5H3. The molecule has 10 heteroatoms. The number of nitrogens with two attached hydrogens (primary N) is 2. The van der Waals surface area contributed by atoms with Gasteiger partial charge in [-0.1, -0.05) is 19.8 Å². The Morgan fingerprint density at radius 1 is 0.741 bits per heavy atom. The van der Waals surface area contributed by atoms with Crippen LogP contribution in [0.4, 0.5) is 11.6 Å². The zero-order chi connectivity index (χ0) is 20.6. The fourth-order valence-electron chi connectivity index (χ4n) is 3.27. The zero-order valence-corrected chi connectivity index (χ0v) is 16.3. The molecule has 27 heavy (non-hydrogen) atoms. The Morgan fingerprint density at radius 2 is 1.11 bits per heavy atom. The monoisotopic (exact) mass is 378 g/mol. The van der Waals surface area contributed by atoms with Crippen molar-refractivity contribution in [3.05, 3.63) is 52.8 Å². The van der Waals surface area contributed by atoms with E-state index in [1.165, 1.54) is 28.2 Å². The Kier molecular flexibility index (Phi) is 5.48. The number of aromatic nitrogens is 4. The topological polar surface area (TPSA) is 140 Å². The number of hydrogen-bond donors (Lipinski definition) is 2. The summed E-state index contributed by atoms with van der Waals surface area (Å²) in [4.78, 5) is 50.0. The molecule has 0 radical (unpaired) electrons. The molecule has 2 aromatic rings. The van der Waals surface area contributed by atoms with E-state index in [-0.39, 0.29) is 22.8 Å². The minimum atomic E-state index is -0.735. The van der Waals surface area contributed by atoms with E-state index < -0.39 is 28.4 Å². The molecule has 0 fully saturated rings. The predicted octanol–water partition coefficient (Wildman–Crippen LogP) is -1.03. The van der Waals surface area contributed by atoms with Crippen LogP contribution in [0.3, 0.4) is 0 Å². The molecule has 2 aromatic heterocycles. The van der Waals surface area contributed by atoms with Crippen molar-refractivity contribution in [2.24, 2.45) is 28.2 Å². The van der Waals surface area contributed by atoms with Gasteiger partial charge in [0.15, 0.2) is 0 Å². The first-order valence-electron chi connectivity index (χ1n) is 8.66. The summed E-state index contributed by atoms with van der Waals surface area (Å²) in [5, 5.41) is 0. The van der Waals surface area contributed by atoms with E-state index >= 15 is 0 Å². The molecule has 0 saturated heterocycles. The van der Waals surface area contributed by atoms with Gasteiger partial charge in [-0.05, 0) is 6.42 Å². The summed E-state index contributed by atoms with van der Waals surface area (Å²) >= 11 is 0. The number of rotatable bonds is 5. The number of hydrogen-bond acceptors (Lipinski definition) is 6. The summed E-state index contributed by atoms with van der Waals surface area (Å²) in [7, 11) is 5.62. The van der Waals surface area contributed by atoms with Crippen LogP contribution in [0.5, 0.6) is 0 Å². The van der Waals surface area contributed by atoms with Crippen LogP contribution in [-0.4, -0.2) is 18.3 Å². The van der Waals surface area contributed by atoms with Crippen molar-refractivity contribution < 1.29 is 0 Å². The molecule has 0 atom stereocenters. The molecular weight excluding hydrogens is 352 g/mol. The molecule has 0 saturated carbocycles. The van der Waals surface area contributed by atoms with Gasteiger partial charge < -0.3 is 11.5 Å². The molecule has 148 valence electrons. The average Bonchev–Trinajstić information content (AvgIpc) is 2.65. The van der Waals surface area contributed by atoms with Crippen LogP contribution in [0.25, 0.3) is 0 Å². The van der Waals surface area contributed by atoms with Gasteiger partial charge in [-0.15, -0.1) is 0 Å². The summed E-state index contributed by atoms with van der Waals surface area (Å²) in [6.45, 7) is 1.97. The van der Waals surface area contributed by atoms with Crippen molar-refractivity contribution in [3.63, 3.8) is 0 Å². The molecule has 2 heterocycles. The van der Waals surface area contributed by atoms with Gasteiger partial charge in [0.05, 0.1) is 11.1 Å². The Bertz CT molecular complexity index is 1030. The summed E-state index contributed by atoms with van der Waals surface area (Å²) in [6, 6.07) is 0. The highest BCUT2D eigenvalue weighted by Crippen LogP contribution is 2.31. The van der Waals surface area contributed by atoms with Crippen molar-refractivity contribution in [3.8, 4) is 0 Å². The number of unbranched alkanes of at least 4 members (excludes halogenated alkanes) is 1. The van der Waals surface area contributed by atoms with Gasteiger partial charge in [-0.25, -0.2) is 9.59 Å². The van der Waals surface area contributed by atoms with Crippen molar-refractivity contribution in [2.75, 3.05) is 11.5 Å². The first-order valence-corrected chi connectivity index (χ1v) is 8.66. The van der Waals surface area contributed by atoms with Gasteiger partial charge in [0.2, 0.25) is 0 Å². The van der Waals surface area contributed by atoms with Crippen LogP contribution in [0.15, 0.2) is 19.2 Å². The smallest absolute Gasteiger partial charge is 0.332 e. The van der Waals surface area contributed by atoms with E-state index in [4.69, 9.17) is 11.5 Å². The predicted molar refractivity (Wildman–Crippen MR) is 104 cm³/mol. The van der Waals surface area contributed by atoms with Crippen LogP contribution in [0, 0.1) is 0 Å². The lowest BCUT2D eigenvalue weighted by molar-refractivity contribution is 0.591. The largest absolute Gasteiger partial charge is 0.385 e. The summed E-state index contributed by atoms with van der Waals surface area (Å²) in [6.07, 6.45) is 1.93. The molecule has 0 unspecified atom stereocenters. The highest BCUT2D eigenvalue weighted by Gasteiger charge is 2.29. The third kappa shape index (κ3) is 3.11. The van der Waals surface area contributed by atoms with Crippen LogP contribution in [0.2, 0.25) is 0 Å². The molecule has 0 aliphatic carbocycles.